The number of piperazine rings is 1. The molecule has 1 fully saturated rings. The minimum Gasteiger partial charge on any atom is -0.366 e. The summed E-state index contributed by atoms with van der Waals surface area (Å²) in [5.41, 5.74) is 1.66. The van der Waals surface area contributed by atoms with Crippen LogP contribution in [0.5, 0.6) is 0 Å². The molecule has 1 saturated heterocycles. The standard InChI is InChI=1S/C15H18FN3O/c1-3-15(20)19-6-4-18(5-7-19)14-8-11(2)12(10-17)9-13(14)16/h8-9H,3-7H2,1-2H3. The van der Waals surface area contributed by atoms with Gasteiger partial charge >= 0.3 is 0 Å². The summed E-state index contributed by atoms with van der Waals surface area (Å²) in [5, 5.41) is 8.89. The van der Waals surface area contributed by atoms with E-state index < -0.39 is 0 Å². The molecule has 0 atom stereocenters. The second-order valence-electron chi connectivity index (χ2n) is 4.95. The number of benzene rings is 1. The SMILES string of the molecule is CCC(=O)N1CCN(c2cc(C)c(C#N)cc2F)CC1. The summed E-state index contributed by atoms with van der Waals surface area (Å²) in [6.07, 6.45) is 0.504. The Morgan fingerprint density at radius 1 is 1.35 bits per heavy atom. The van der Waals surface area contributed by atoms with Gasteiger partial charge in [-0.25, -0.2) is 4.39 Å². The highest BCUT2D eigenvalue weighted by atomic mass is 19.1. The van der Waals surface area contributed by atoms with Crippen LogP contribution in [0.3, 0.4) is 0 Å². The van der Waals surface area contributed by atoms with Gasteiger partial charge in [-0.15, -0.1) is 0 Å². The first kappa shape index (κ1) is 14.3. The molecule has 0 unspecified atom stereocenters. The van der Waals surface area contributed by atoms with E-state index in [1.54, 1.807) is 13.0 Å². The first-order valence-electron chi connectivity index (χ1n) is 6.79. The zero-order chi connectivity index (χ0) is 14.7. The van der Waals surface area contributed by atoms with Crippen LogP contribution in [0.25, 0.3) is 0 Å². The first-order valence-corrected chi connectivity index (χ1v) is 6.79. The van der Waals surface area contributed by atoms with Crippen molar-refractivity contribution in [1.82, 2.24) is 4.90 Å². The van der Waals surface area contributed by atoms with Crippen LogP contribution in [-0.4, -0.2) is 37.0 Å². The van der Waals surface area contributed by atoms with Gasteiger partial charge in [0.25, 0.3) is 0 Å². The van der Waals surface area contributed by atoms with Crippen molar-refractivity contribution >= 4 is 11.6 Å². The number of aryl methyl sites for hydroxylation is 1. The minimum absolute atomic E-state index is 0.140. The molecule has 1 aromatic rings. The highest BCUT2D eigenvalue weighted by molar-refractivity contribution is 5.76. The second-order valence-corrected chi connectivity index (χ2v) is 4.95. The highest BCUT2D eigenvalue weighted by Gasteiger charge is 2.22. The predicted octanol–water partition coefficient (Wildman–Crippen LogP) is 2.06. The fraction of sp³-hybridized carbons (Fsp3) is 0.467. The number of amides is 1. The molecule has 0 radical (unpaired) electrons. The van der Waals surface area contributed by atoms with Crippen LogP contribution in [0, 0.1) is 24.1 Å². The first-order chi connectivity index (χ1) is 9.56. The van der Waals surface area contributed by atoms with Gasteiger partial charge in [-0.2, -0.15) is 5.26 Å². The molecule has 1 amide bonds. The van der Waals surface area contributed by atoms with Crippen molar-refractivity contribution in [2.75, 3.05) is 31.1 Å². The number of carbonyl (C=O) groups is 1. The zero-order valence-electron chi connectivity index (χ0n) is 11.8. The zero-order valence-corrected chi connectivity index (χ0v) is 11.8. The van der Waals surface area contributed by atoms with E-state index in [0.717, 1.165) is 5.56 Å². The lowest BCUT2D eigenvalue weighted by atomic mass is 10.1. The maximum absolute atomic E-state index is 14.1. The van der Waals surface area contributed by atoms with Crippen LogP contribution in [0.15, 0.2) is 12.1 Å². The summed E-state index contributed by atoms with van der Waals surface area (Å²) in [6.45, 7) is 6.12. The topological polar surface area (TPSA) is 47.3 Å². The molecule has 0 aromatic heterocycles. The van der Waals surface area contributed by atoms with E-state index in [0.29, 0.717) is 43.9 Å². The van der Waals surface area contributed by atoms with Crippen molar-refractivity contribution in [2.45, 2.75) is 20.3 Å². The van der Waals surface area contributed by atoms with Gasteiger partial charge in [0, 0.05) is 32.6 Å². The lowest BCUT2D eigenvalue weighted by Crippen LogP contribution is -2.48. The van der Waals surface area contributed by atoms with E-state index in [-0.39, 0.29) is 11.7 Å². The van der Waals surface area contributed by atoms with E-state index in [9.17, 15) is 9.18 Å². The van der Waals surface area contributed by atoms with Gasteiger partial charge in [0.1, 0.15) is 5.82 Å². The molecule has 0 saturated carbocycles. The summed E-state index contributed by atoms with van der Waals surface area (Å²) >= 11 is 0. The Kier molecular flexibility index (Phi) is 4.23. The molecular weight excluding hydrogens is 257 g/mol. The summed E-state index contributed by atoms with van der Waals surface area (Å²) in [7, 11) is 0. The van der Waals surface area contributed by atoms with Crippen molar-refractivity contribution in [1.29, 1.82) is 5.26 Å². The van der Waals surface area contributed by atoms with E-state index in [2.05, 4.69) is 0 Å². The number of anilines is 1. The summed E-state index contributed by atoms with van der Waals surface area (Å²) < 4.78 is 14.1. The molecule has 0 aliphatic carbocycles. The van der Waals surface area contributed by atoms with Crippen LogP contribution in [-0.2, 0) is 4.79 Å². The highest BCUT2D eigenvalue weighted by Crippen LogP contribution is 2.24. The van der Waals surface area contributed by atoms with Gasteiger partial charge < -0.3 is 9.80 Å². The van der Waals surface area contributed by atoms with Crippen LogP contribution < -0.4 is 4.90 Å². The summed E-state index contributed by atoms with van der Waals surface area (Å²) in [4.78, 5) is 15.4. The predicted molar refractivity (Wildman–Crippen MR) is 74.9 cm³/mol. The van der Waals surface area contributed by atoms with Crippen molar-refractivity contribution in [3.63, 3.8) is 0 Å². The Morgan fingerprint density at radius 2 is 2.00 bits per heavy atom. The van der Waals surface area contributed by atoms with Crippen LogP contribution in [0.2, 0.25) is 0 Å². The number of carbonyl (C=O) groups excluding carboxylic acids is 1. The smallest absolute Gasteiger partial charge is 0.222 e. The number of hydrogen-bond donors (Lipinski definition) is 0. The van der Waals surface area contributed by atoms with Gasteiger partial charge in [-0.05, 0) is 24.6 Å². The van der Waals surface area contributed by atoms with E-state index in [1.165, 1.54) is 6.07 Å². The fourth-order valence-corrected chi connectivity index (χ4v) is 2.45. The maximum Gasteiger partial charge on any atom is 0.222 e. The third kappa shape index (κ3) is 2.74. The molecule has 4 nitrogen and oxygen atoms in total. The number of nitrogens with zero attached hydrogens (tertiary/aromatic N) is 3. The molecule has 0 N–H and O–H groups in total. The fourth-order valence-electron chi connectivity index (χ4n) is 2.45. The lowest BCUT2D eigenvalue weighted by molar-refractivity contribution is -0.131. The van der Waals surface area contributed by atoms with E-state index in [4.69, 9.17) is 5.26 Å². The maximum atomic E-state index is 14.1. The number of hydrogen-bond acceptors (Lipinski definition) is 3. The molecule has 106 valence electrons. The molecule has 0 bridgehead atoms. The van der Waals surface area contributed by atoms with Gasteiger partial charge in [-0.3, -0.25) is 4.79 Å². The Balaban J connectivity index is 2.13. The Morgan fingerprint density at radius 3 is 2.55 bits per heavy atom. The van der Waals surface area contributed by atoms with E-state index in [1.807, 2.05) is 22.8 Å². The monoisotopic (exact) mass is 275 g/mol. The van der Waals surface area contributed by atoms with Crippen LogP contribution >= 0.6 is 0 Å². The van der Waals surface area contributed by atoms with Crippen molar-refractivity contribution in [2.24, 2.45) is 0 Å². The number of halogens is 1. The van der Waals surface area contributed by atoms with Crippen LogP contribution in [0.1, 0.15) is 24.5 Å². The molecule has 5 heteroatoms. The quantitative estimate of drug-likeness (QED) is 0.830. The van der Waals surface area contributed by atoms with Crippen molar-refractivity contribution in [3.8, 4) is 6.07 Å². The average molecular weight is 275 g/mol. The normalized spacial score (nSPS) is 15.1. The van der Waals surface area contributed by atoms with Gasteiger partial charge in [0.2, 0.25) is 5.91 Å². The van der Waals surface area contributed by atoms with Crippen molar-refractivity contribution < 1.29 is 9.18 Å². The van der Waals surface area contributed by atoms with E-state index >= 15 is 0 Å². The molecule has 1 aliphatic rings. The Bertz CT molecular complexity index is 557. The summed E-state index contributed by atoms with van der Waals surface area (Å²) in [5.74, 6) is -0.233. The summed E-state index contributed by atoms with van der Waals surface area (Å²) in [6, 6.07) is 4.98. The lowest BCUT2D eigenvalue weighted by Gasteiger charge is -2.36. The molecule has 1 aliphatic heterocycles. The minimum atomic E-state index is -0.373. The number of rotatable bonds is 2. The van der Waals surface area contributed by atoms with Crippen LogP contribution in [0.4, 0.5) is 10.1 Å². The van der Waals surface area contributed by atoms with Gasteiger partial charge in [0.15, 0.2) is 0 Å². The molecule has 1 aromatic carbocycles. The largest absolute Gasteiger partial charge is 0.366 e. The van der Waals surface area contributed by atoms with Crippen molar-refractivity contribution in [3.05, 3.63) is 29.1 Å². The third-order valence-electron chi connectivity index (χ3n) is 3.69. The molecule has 2 rings (SSSR count). The molecule has 20 heavy (non-hydrogen) atoms. The molecule has 1 heterocycles. The molecule has 0 spiro atoms. The third-order valence-corrected chi connectivity index (χ3v) is 3.69. The van der Waals surface area contributed by atoms with Gasteiger partial charge in [0.05, 0.1) is 17.3 Å². The average Bonchev–Trinajstić information content (AvgIpc) is 2.48. The second kappa shape index (κ2) is 5.91. The Labute approximate surface area is 118 Å². The molecular formula is C15H18FN3O. The Hall–Kier alpha value is -2.09. The van der Waals surface area contributed by atoms with Gasteiger partial charge in [-0.1, -0.05) is 6.92 Å². The number of nitriles is 1.